The lowest BCUT2D eigenvalue weighted by Gasteiger charge is -2.26. The van der Waals surface area contributed by atoms with E-state index in [1.54, 1.807) is 13.3 Å². The molecule has 0 aromatic carbocycles. The molecule has 4 rings (SSSR count). The molecule has 1 saturated carbocycles. The molecule has 0 spiro atoms. The normalized spacial score (nSPS) is 21.7. The summed E-state index contributed by atoms with van der Waals surface area (Å²) in [5.74, 6) is 0.135. The minimum atomic E-state index is -4.41. The molecule has 33 heavy (non-hydrogen) atoms. The fraction of sp³-hybridized carbons (Fsp3) is 0.700. The molecule has 2 N–H and O–H groups in total. The molecule has 2 atom stereocenters. The Hall–Kier alpha value is -1.78. The van der Waals surface area contributed by atoms with Crippen molar-refractivity contribution in [2.45, 2.75) is 63.8 Å². The summed E-state index contributed by atoms with van der Waals surface area (Å²) in [5.41, 5.74) is 1.28. The second-order valence-electron chi connectivity index (χ2n) is 8.73. The summed E-state index contributed by atoms with van der Waals surface area (Å²) < 4.78 is 19.2. The molecule has 2 aliphatic rings. The number of aromatic nitrogens is 4. The highest BCUT2D eigenvalue weighted by molar-refractivity contribution is 7.52. The van der Waals surface area contributed by atoms with Gasteiger partial charge < -0.3 is 24.3 Å². The van der Waals surface area contributed by atoms with Gasteiger partial charge in [-0.25, -0.2) is 4.98 Å². The van der Waals surface area contributed by atoms with Crippen molar-refractivity contribution in [2.75, 3.05) is 31.2 Å². The highest BCUT2D eigenvalue weighted by Gasteiger charge is 2.32. The minimum absolute atomic E-state index is 0.152. The number of likely N-dealkylation sites (N-methyl/N-ethyl adjacent to an activating group) is 1. The topological polar surface area (TPSA) is 134 Å². The van der Waals surface area contributed by atoms with Gasteiger partial charge in [0, 0.05) is 26.2 Å². The number of carbonyl (C=O) groups is 1. The summed E-state index contributed by atoms with van der Waals surface area (Å²) in [6.07, 6.45) is 6.32. The number of fused-ring (bicyclic) bond motifs is 1. The average Bonchev–Trinajstić information content (AvgIpc) is 3.49. The summed E-state index contributed by atoms with van der Waals surface area (Å²) in [7, 11) is -2.40. The number of carbonyl (C=O) groups excluding carboxylic acids is 1. The van der Waals surface area contributed by atoms with E-state index in [1.165, 1.54) is 17.7 Å². The van der Waals surface area contributed by atoms with Crippen molar-refractivity contribution in [3.8, 4) is 0 Å². The minimum Gasteiger partial charge on any atom is -0.355 e. The molecule has 2 unspecified atom stereocenters. The van der Waals surface area contributed by atoms with Crippen LogP contribution in [0.4, 0.5) is 5.82 Å². The number of nitrogens with zero attached hydrogens (tertiary/aromatic N) is 6. The maximum Gasteiger partial charge on any atom is 0.334 e. The van der Waals surface area contributed by atoms with Crippen LogP contribution in [0.1, 0.15) is 51.7 Å². The molecule has 0 radical (unpaired) electrons. The molecule has 3 heterocycles. The number of halogens is 1. The van der Waals surface area contributed by atoms with E-state index in [0.29, 0.717) is 42.4 Å². The SMILES string of the molecule is CCN(CC1CCC(n2cnc3c(N(C)C4CCCC4)nc(Cl)nc32)O1)C(=O)CP(=O)(O)O. The average molecular weight is 501 g/mol. The number of ether oxygens (including phenoxy) is 1. The largest absolute Gasteiger partial charge is 0.355 e. The first kappa shape index (κ1) is 24.3. The summed E-state index contributed by atoms with van der Waals surface area (Å²) in [6.45, 7) is 2.38. The fourth-order valence-corrected chi connectivity index (χ4v) is 5.46. The van der Waals surface area contributed by atoms with Crippen LogP contribution >= 0.6 is 19.2 Å². The number of amides is 1. The van der Waals surface area contributed by atoms with E-state index in [-0.39, 0.29) is 24.2 Å². The molecule has 2 fully saturated rings. The van der Waals surface area contributed by atoms with Gasteiger partial charge in [0.25, 0.3) is 0 Å². The highest BCUT2D eigenvalue weighted by Crippen LogP contribution is 2.36. The van der Waals surface area contributed by atoms with E-state index in [1.807, 2.05) is 11.6 Å². The van der Waals surface area contributed by atoms with E-state index in [2.05, 4.69) is 19.9 Å². The Kier molecular flexibility index (Phi) is 7.26. The first-order valence-electron chi connectivity index (χ1n) is 11.3. The van der Waals surface area contributed by atoms with Gasteiger partial charge in [0.1, 0.15) is 12.4 Å². The summed E-state index contributed by atoms with van der Waals surface area (Å²) in [6, 6.07) is 0.405. The van der Waals surface area contributed by atoms with Crippen molar-refractivity contribution < 1.29 is 23.9 Å². The lowest BCUT2D eigenvalue weighted by atomic mass is 10.2. The van der Waals surface area contributed by atoms with Gasteiger partial charge in [0.2, 0.25) is 11.2 Å². The van der Waals surface area contributed by atoms with Crippen LogP contribution in [0, 0.1) is 0 Å². The second-order valence-corrected chi connectivity index (χ2v) is 10.7. The Morgan fingerprint density at radius 2 is 2.00 bits per heavy atom. The third kappa shape index (κ3) is 5.49. The van der Waals surface area contributed by atoms with Crippen LogP contribution in [-0.2, 0) is 14.1 Å². The summed E-state index contributed by atoms with van der Waals surface area (Å²) in [4.78, 5) is 47.5. The van der Waals surface area contributed by atoms with Gasteiger partial charge in [-0.2, -0.15) is 9.97 Å². The van der Waals surface area contributed by atoms with E-state index in [4.69, 9.17) is 26.1 Å². The van der Waals surface area contributed by atoms with Gasteiger partial charge in [0.15, 0.2) is 17.0 Å². The van der Waals surface area contributed by atoms with E-state index >= 15 is 0 Å². The smallest absolute Gasteiger partial charge is 0.334 e. The van der Waals surface area contributed by atoms with Crippen molar-refractivity contribution >= 4 is 42.1 Å². The second kappa shape index (κ2) is 9.84. The molecule has 2 aromatic rings. The van der Waals surface area contributed by atoms with Crippen molar-refractivity contribution in [3.63, 3.8) is 0 Å². The van der Waals surface area contributed by atoms with Crippen LogP contribution in [0.2, 0.25) is 5.28 Å². The first-order valence-corrected chi connectivity index (χ1v) is 13.4. The Balaban J connectivity index is 1.50. The Morgan fingerprint density at radius 3 is 2.67 bits per heavy atom. The van der Waals surface area contributed by atoms with Crippen LogP contribution in [0.3, 0.4) is 0 Å². The lowest BCUT2D eigenvalue weighted by molar-refractivity contribution is -0.130. The Morgan fingerprint density at radius 1 is 1.27 bits per heavy atom. The van der Waals surface area contributed by atoms with E-state index in [9.17, 15) is 9.36 Å². The quantitative estimate of drug-likeness (QED) is 0.414. The van der Waals surface area contributed by atoms with Gasteiger partial charge in [-0.3, -0.25) is 13.9 Å². The van der Waals surface area contributed by atoms with Gasteiger partial charge in [-0.15, -0.1) is 0 Å². The fourth-order valence-electron chi connectivity index (χ4n) is 4.75. The number of hydrogen-bond donors (Lipinski definition) is 2. The number of imidazole rings is 1. The third-order valence-corrected chi connectivity index (χ3v) is 7.33. The maximum atomic E-state index is 12.2. The van der Waals surface area contributed by atoms with Gasteiger partial charge >= 0.3 is 7.60 Å². The summed E-state index contributed by atoms with van der Waals surface area (Å²) in [5, 5.41) is 0.152. The van der Waals surface area contributed by atoms with Gasteiger partial charge in [0.05, 0.1) is 12.4 Å². The number of anilines is 1. The first-order chi connectivity index (χ1) is 15.7. The standard InChI is InChI=1S/C20H30ClN6O5P/c1-3-26(15(28)11-33(29,30)31)10-14-8-9-16(32-14)27-12-22-17-18(23-20(21)24-19(17)27)25(2)13-6-4-5-7-13/h12-14,16H,3-11H2,1-2H3,(H2,29,30,31). The molecule has 1 amide bonds. The Bertz CT molecular complexity index is 1050. The van der Waals surface area contributed by atoms with Gasteiger partial charge in [-0.05, 0) is 44.2 Å². The molecule has 1 aliphatic heterocycles. The molecule has 1 aliphatic carbocycles. The van der Waals surface area contributed by atoms with Gasteiger partial charge in [-0.1, -0.05) is 12.8 Å². The lowest BCUT2D eigenvalue weighted by Crippen LogP contribution is -2.38. The van der Waals surface area contributed by atoms with Crippen molar-refractivity contribution in [1.29, 1.82) is 0 Å². The zero-order valence-corrected chi connectivity index (χ0v) is 20.5. The molecular formula is C20H30ClN6O5P. The van der Waals surface area contributed by atoms with Crippen molar-refractivity contribution in [2.24, 2.45) is 0 Å². The van der Waals surface area contributed by atoms with Crippen LogP contribution in [0.5, 0.6) is 0 Å². The predicted molar refractivity (Wildman–Crippen MR) is 123 cm³/mol. The van der Waals surface area contributed by atoms with Crippen LogP contribution in [0.25, 0.3) is 11.2 Å². The maximum absolute atomic E-state index is 12.2. The summed E-state index contributed by atoms with van der Waals surface area (Å²) >= 11 is 6.28. The van der Waals surface area contributed by atoms with Crippen LogP contribution in [-0.4, -0.2) is 78.6 Å². The van der Waals surface area contributed by atoms with E-state index < -0.39 is 19.7 Å². The molecule has 2 aromatic heterocycles. The van der Waals surface area contributed by atoms with Crippen LogP contribution in [0.15, 0.2) is 6.33 Å². The Labute approximate surface area is 197 Å². The van der Waals surface area contributed by atoms with E-state index in [0.717, 1.165) is 12.8 Å². The molecule has 1 saturated heterocycles. The molecule has 13 heteroatoms. The molecular weight excluding hydrogens is 471 g/mol. The number of hydrogen-bond acceptors (Lipinski definition) is 7. The zero-order chi connectivity index (χ0) is 23.8. The monoisotopic (exact) mass is 500 g/mol. The van der Waals surface area contributed by atoms with Crippen molar-refractivity contribution in [1.82, 2.24) is 24.4 Å². The molecule has 182 valence electrons. The predicted octanol–water partition coefficient (Wildman–Crippen LogP) is 2.56. The van der Waals surface area contributed by atoms with Crippen LogP contribution < -0.4 is 4.90 Å². The molecule has 0 bridgehead atoms. The number of rotatable bonds is 8. The highest BCUT2D eigenvalue weighted by atomic mass is 35.5. The zero-order valence-electron chi connectivity index (χ0n) is 18.8. The third-order valence-electron chi connectivity index (χ3n) is 6.48. The van der Waals surface area contributed by atoms with Crippen molar-refractivity contribution in [3.05, 3.63) is 11.6 Å². The molecule has 11 nitrogen and oxygen atoms in total.